The van der Waals surface area contributed by atoms with Crippen molar-refractivity contribution in [3.63, 3.8) is 0 Å². The summed E-state index contributed by atoms with van der Waals surface area (Å²) in [5.41, 5.74) is 2.38. The number of nitrogens with one attached hydrogen (secondary N) is 2. The van der Waals surface area contributed by atoms with Crippen LogP contribution in [-0.2, 0) is 9.53 Å². The molecule has 0 aliphatic heterocycles. The number of rotatable bonds is 7. The van der Waals surface area contributed by atoms with Gasteiger partial charge in [0.15, 0.2) is 5.16 Å². The number of thioether (sulfide) groups is 1. The van der Waals surface area contributed by atoms with Gasteiger partial charge >= 0.3 is 5.97 Å². The third-order valence-corrected chi connectivity index (χ3v) is 4.64. The number of nitrogens with zero attached hydrogens (tertiary/aromatic N) is 1. The summed E-state index contributed by atoms with van der Waals surface area (Å²) in [5.74, 6) is 0.165. The predicted molar refractivity (Wildman–Crippen MR) is 109 cm³/mol. The van der Waals surface area contributed by atoms with Crippen molar-refractivity contribution >= 4 is 40.4 Å². The highest BCUT2D eigenvalue weighted by Gasteiger charge is 2.16. The second-order valence-electron chi connectivity index (χ2n) is 6.26. The molecule has 3 aromatic rings. The Morgan fingerprint density at radius 3 is 2.75 bits per heavy atom. The van der Waals surface area contributed by atoms with Crippen molar-refractivity contribution in [1.29, 1.82) is 0 Å². The van der Waals surface area contributed by atoms with Crippen molar-refractivity contribution in [2.45, 2.75) is 25.1 Å². The number of hydrogen-bond donors (Lipinski definition) is 2. The summed E-state index contributed by atoms with van der Waals surface area (Å²) in [6, 6.07) is 12.3. The van der Waals surface area contributed by atoms with Gasteiger partial charge in [0.2, 0.25) is 5.91 Å². The van der Waals surface area contributed by atoms with Crippen LogP contribution in [0.5, 0.6) is 5.75 Å². The highest BCUT2D eigenvalue weighted by Crippen LogP contribution is 2.23. The minimum absolute atomic E-state index is 0.143. The van der Waals surface area contributed by atoms with Gasteiger partial charge in [-0.3, -0.25) is 4.79 Å². The first kappa shape index (κ1) is 19.8. The van der Waals surface area contributed by atoms with E-state index in [1.54, 1.807) is 45.2 Å². The van der Waals surface area contributed by atoms with Gasteiger partial charge in [0, 0.05) is 6.07 Å². The molecule has 0 aliphatic carbocycles. The van der Waals surface area contributed by atoms with E-state index < -0.39 is 5.97 Å². The average molecular weight is 399 g/mol. The molecule has 2 N–H and O–H groups in total. The Kier molecular flexibility index (Phi) is 6.20. The zero-order chi connectivity index (χ0) is 20.1. The molecule has 1 aromatic heterocycles. The number of anilines is 1. The molecule has 146 valence electrons. The van der Waals surface area contributed by atoms with E-state index in [0.717, 1.165) is 16.8 Å². The highest BCUT2D eigenvalue weighted by molar-refractivity contribution is 7.99. The number of esters is 1. The molecular formula is C20H21N3O4S. The first-order valence-corrected chi connectivity index (χ1v) is 9.71. The van der Waals surface area contributed by atoms with E-state index in [0.29, 0.717) is 16.4 Å². The largest absolute Gasteiger partial charge is 0.497 e. The number of benzene rings is 2. The number of methoxy groups -OCH3 is 1. The average Bonchev–Trinajstić information content (AvgIpc) is 3.08. The standard InChI is InChI=1S/C20H21N3O4S/c1-12(2)27-19(25)14-6-4-5-7-15(14)21-18(24)11-28-20-22-16-9-8-13(26-3)10-17(16)23-20/h4-10,12H,11H2,1-3H3,(H,21,24)(H,22,23). The molecule has 0 unspecified atom stereocenters. The van der Waals surface area contributed by atoms with Gasteiger partial charge in [0.1, 0.15) is 5.75 Å². The number of amides is 1. The number of aromatic nitrogens is 2. The van der Waals surface area contributed by atoms with Gasteiger partial charge in [-0.15, -0.1) is 0 Å². The topological polar surface area (TPSA) is 93.3 Å². The highest BCUT2D eigenvalue weighted by atomic mass is 32.2. The maximum Gasteiger partial charge on any atom is 0.340 e. The summed E-state index contributed by atoms with van der Waals surface area (Å²) in [6.07, 6.45) is -0.237. The van der Waals surface area contributed by atoms with Crippen LogP contribution in [0.1, 0.15) is 24.2 Å². The molecule has 0 aliphatic rings. The van der Waals surface area contributed by atoms with Crippen molar-refractivity contribution in [3.8, 4) is 5.75 Å². The van der Waals surface area contributed by atoms with E-state index >= 15 is 0 Å². The number of ether oxygens (including phenoxy) is 2. The Bertz CT molecular complexity index is 1000. The van der Waals surface area contributed by atoms with Gasteiger partial charge < -0.3 is 19.8 Å². The number of fused-ring (bicyclic) bond motifs is 1. The fourth-order valence-electron chi connectivity index (χ4n) is 2.53. The predicted octanol–water partition coefficient (Wildman–Crippen LogP) is 3.87. The van der Waals surface area contributed by atoms with Crippen LogP contribution in [0, 0.1) is 0 Å². The third kappa shape index (κ3) is 4.83. The fourth-order valence-corrected chi connectivity index (χ4v) is 3.21. The number of carbonyl (C=O) groups excluding carboxylic acids is 2. The lowest BCUT2D eigenvalue weighted by Crippen LogP contribution is -2.18. The third-order valence-electron chi connectivity index (χ3n) is 3.77. The number of hydrogen-bond acceptors (Lipinski definition) is 6. The first-order chi connectivity index (χ1) is 13.5. The van der Waals surface area contributed by atoms with E-state index in [1.165, 1.54) is 11.8 Å². The molecule has 3 rings (SSSR count). The van der Waals surface area contributed by atoms with Crippen molar-refractivity contribution in [1.82, 2.24) is 9.97 Å². The summed E-state index contributed by atoms with van der Waals surface area (Å²) in [7, 11) is 1.60. The van der Waals surface area contributed by atoms with Crippen LogP contribution < -0.4 is 10.1 Å². The van der Waals surface area contributed by atoms with Crippen LogP contribution in [0.25, 0.3) is 11.0 Å². The molecule has 0 saturated carbocycles. The Labute approximate surface area is 166 Å². The van der Waals surface area contributed by atoms with Crippen molar-refractivity contribution < 1.29 is 19.1 Å². The van der Waals surface area contributed by atoms with Crippen molar-refractivity contribution in [3.05, 3.63) is 48.0 Å². The SMILES string of the molecule is COc1ccc2nc(SCC(=O)Nc3ccccc3C(=O)OC(C)C)[nH]c2c1. The number of aromatic amines is 1. The van der Waals surface area contributed by atoms with Crippen LogP contribution in [0.3, 0.4) is 0 Å². The van der Waals surface area contributed by atoms with Gasteiger partial charge in [-0.2, -0.15) is 0 Å². The molecule has 8 heteroatoms. The smallest absolute Gasteiger partial charge is 0.340 e. The molecule has 28 heavy (non-hydrogen) atoms. The Morgan fingerprint density at radius 2 is 2.00 bits per heavy atom. The van der Waals surface area contributed by atoms with E-state index in [1.807, 2.05) is 18.2 Å². The van der Waals surface area contributed by atoms with Gasteiger partial charge in [-0.25, -0.2) is 9.78 Å². The summed E-state index contributed by atoms with van der Waals surface area (Å²) in [6.45, 7) is 3.55. The maximum absolute atomic E-state index is 12.4. The number of para-hydroxylation sites is 1. The lowest BCUT2D eigenvalue weighted by molar-refractivity contribution is -0.113. The van der Waals surface area contributed by atoms with Gasteiger partial charge in [-0.1, -0.05) is 23.9 Å². The van der Waals surface area contributed by atoms with Crippen LogP contribution in [0.2, 0.25) is 0 Å². The van der Waals surface area contributed by atoms with E-state index in [2.05, 4.69) is 15.3 Å². The minimum atomic E-state index is -0.468. The molecule has 2 aromatic carbocycles. The van der Waals surface area contributed by atoms with E-state index in [-0.39, 0.29) is 17.8 Å². The van der Waals surface area contributed by atoms with Crippen molar-refractivity contribution in [2.24, 2.45) is 0 Å². The number of carbonyl (C=O) groups is 2. The number of imidazole rings is 1. The normalized spacial score (nSPS) is 10.9. The lowest BCUT2D eigenvalue weighted by Gasteiger charge is -2.12. The maximum atomic E-state index is 12.4. The monoisotopic (exact) mass is 399 g/mol. The molecule has 0 fully saturated rings. The van der Waals surface area contributed by atoms with Gasteiger partial charge in [-0.05, 0) is 38.1 Å². The van der Waals surface area contributed by atoms with Crippen LogP contribution in [-0.4, -0.2) is 40.8 Å². The fraction of sp³-hybridized carbons (Fsp3) is 0.250. The van der Waals surface area contributed by atoms with Crippen molar-refractivity contribution in [2.75, 3.05) is 18.2 Å². The second-order valence-corrected chi connectivity index (χ2v) is 7.23. The molecule has 0 radical (unpaired) electrons. The first-order valence-electron chi connectivity index (χ1n) is 8.72. The summed E-state index contributed by atoms with van der Waals surface area (Å²) < 4.78 is 10.4. The Balaban J connectivity index is 1.64. The van der Waals surface area contributed by atoms with Crippen LogP contribution >= 0.6 is 11.8 Å². The molecule has 7 nitrogen and oxygen atoms in total. The molecule has 1 heterocycles. The summed E-state index contributed by atoms with van der Waals surface area (Å²) in [4.78, 5) is 32.1. The molecule has 0 atom stereocenters. The molecule has 1 amide bonds. The zero-order valence-electron chi connectivity index (χ0n) is 15.8. The Hall–Kier alpha value is -3.00. The second kappa shape index (κ2) is 8.79. The molecule has 0 saturated heterocycles. The number of H-pyrrole nitrogens is 1. The van der Waals surface area contributed by atoms with E-state index in [4.69, 9.17) is 9.47 Å². The molecular weight excluding hydrogens is 378 g/mol. The van der Waals surface area contributed by atoms with Gasteiger partial charge in [0.25, 0.3) is 0 Å². The Morgan fingerprint density at radius 1 is 1.21 bits per heavy atom. The van der Waals surface area contributed by atoms with Crippen LogP contribution in [0.4, 0.5) is 5.69 Å². The quantitative estimate of drug-likeness (QED) is 0.463. The lowest BCUT2D eigenvalue weighted by atomic mass is 10.2. The molecule has 0 bridgehead atoms. The van der Waals surface area contributed by atoms with Gasteiger partial charge in [0.05, 0.1) is 41.3 Å². The minimum Gasteiger partial charge on any atom is -0.497 e. The van der Waals surface area contributed by atoms with Crippen LogP contribution in [0.15, 0.2) is 47.6 Å². The zero-order valence-corrected chi connectivity index (χ0v) is 16.6. The summed E-state index contributed by atoms with van der Waals surface area (Å²) in [5, 5.41) is 3.40. The molecule has 0 spiro atoms. The summed E-state index contributed by atoms with van der Waals surface area (Å²) >= 11 is 1.28. The van der Waals surface area contributed by atoms with E-state index in [9.17, 15) is 9.59 Å².